The highest BCUT2D eigenvalue weighted by Gasteiger charge is 2.35. The summed E-state index contributed by atoms with van der Waals surface area (Å²) in [4.78, 5) is 36.5. The van der Waals surface area contributed by atoms with Crippen molar-refractivity contribution in [2.75, 3.05) is 13.7 Å². The van der Waals surface area contributed by atoms with Gasteiger partial charge in [0.1, 0.15) is 18.5 Å². The number of carbonyl (C=O) groups excluding carboxylic acids is 2. The quantitative estimate of drug-likeness (QED) is 0.309. The minimum atomic E-state index is -0.686. The number of likely N-dealkylation sites (tertiary alicyclic amines) is 1. The molecular formula is C21H20N2O6. The van der Waals surface area contributed by atoms with Crippen molar-refractivity contribution in [3.05, 3.63) is 75.9 Å². The standard InChI is InChI=1S/C21H20N2O6/c1-14-8-16(12-24)22(11-14)21(25)17-9-19(28-2)20(10-18(17)23(26)27)29-13-15-6-4-3-5-7-15/h3-7,9-10,12,16H,1,8,11,13H2,2H3/t16-/m0/s1. The maximum absolute atomic E-state index is 13.0. The van der Waals surface area contributed by atoms with Gasteiger partial charge in [0.05, 0.1) is 24.1 Å². The highest BCUT2D eigenvalue weighted by molar-refractivity contribution is 6.00. The molecule has 29 heavy (non-hydrogen) atoms. The molecule has 0 bridgehead atoms. The first-order chi connectivity index (χ1) is 13.9. The van der Waals surface area contributed by atoms with E-state index in [0.717, 1.165) is 5.56 Å². The van der Waals surface area contributed by atoms with Crippen molar-refractivity contribution in [2.45, 2.75) is 19.1 Å². The molecule has 0 unspecified atom stereocenters. The van der Waals surface area contributed by atoms with Crippen molar-refractivity contribution in [3.63, 3.8) is 0 Å². The average Bonchev–Trinajstić information content (AvgIpc) is 3.12. The van der Waals surface area contributed by atoms with Crippen molar-refractivity contribution >= 4 is 17.9 Å². The summed E-state index contributed by atoms with van der Waals surface area (Å²) in [7, 11) is 1.39. The number of methoxy groups -OCH3 is 1. The largest absolute Gasteiger partial charge is 0.493 e. The second-order valence-electron chi connectivity index (χ2n) is 6.64. The zero-order valence-corrected chi connectivity index (χ0v) is 15.9. The van der Waals surface area contributed by atoms with Gasteiger partial charge in [-0.3, -0.25) is 14.9 Å². The molecule has 1 saturated heterocycles. The van der Waals surface area contributed by atoms with Crippen LogP contribution in [-0.2, 0) is 11.4 Å². The Balaban J connectivity index is 1.95. The van der Waals surface area contributed by atoms with Gasteiger partial charge in [0.25, 0.3) is 11.6 Å². The van der Waals surface area contributed by atoms with E-state index in [2.05, 4.69) is 6.58 Å². The van der Waals surface area contributed by atoms with Gasteiger partial charge in [0, 0.05) is 12.6 Å². The first-order valence-electron chi connectivity index (χ1n) is 8.90. The number of nitrogens with zero attached hydrogens (tertiary/aromatic N) is 2. The Hall–Kier alpha value is -3.68. The number of hydrogen-bond acceptors (Lipinski definition) is 6. The van der Waals surface area contributed by atoms with Gasteiger partial charge in [0.15, 0.2) is 11.5 Å². The number of amides is 1. The van der Waals surface area contributed by atoms with Crippen LogP contribution >= 0.6 is 0 Å². The molecule has 0 spiro atoms. The SMILES string of the molecule is C=C1C[C@@H](C=O)N(C(=O)c2cc(OC)c(OCc3ccccc3)cc2[N+](=O)[O-])C1. The average molecular weight is 396 g/mol. The number of nitro benzene ring substituents is 1. The molecule has 150 valence electrons. The topological polar surface area (TPSA) is 99.0 Å². The summed E-state index contributed by atoms with van der Waals surface area (Å²) >= 11 is 0. The number of aldehydes is 1. The summed E-state index contributed by atoms with van der Waals surface area (Å²) in [6.07, 6.45) is 0.995. The van der Waals surface area contributed by atoms with Crippen LogP contribution in [0.2, 0.25) is 0 Å². The highest BCUT2D eigenvalue weighted by Crippen LogP contribution is 2.37. The van der Waals surface area contributed by atoms with E-state index >= 15 is 0 Å². The third-order valence-electron chi connectivity index (χ3n) is 4.66. The molecule has 0 saturated carbocycles. The minimum Gasteiger partial charge on any atom is -0.493 e. The van der Waals surface area contributed by atoms with Crippen molar-refractivity contribution in [1.29, 1.82) is 0 Å². The zero-order chi connectivity index (χ0) is 21.0. The maximum Gasteiger partial charge on any atom is 0.286 e. The minimum absolute atomic E-state index is 0.150. The van der Waals surface area contributed by atoms with E-state index < -0.39 is 22.6 Å². The van der Waals surface area contributed by atoms with Crippen molar-refractivity contribution in [1.82, 2.24) is 4.90 Å². The molecule has 8 heteroatoms. The predicted molar refractivity (Wildman–Crippen MR) is 105 cm³/mol. The summed E-state index contributed by atoms with van der Waals surface area (Å²) in [5.74, 6) is -0.284. The molecule has 1 heterocycles. The second kappa shape index (κ2) is 8.55. The lowest BCUT2D eigenvalue weighted by atomic mass is 10.1. The number of benzene rings is 2. The molecule has 1 aliphatic rings. The monoisotopic (exact) mass is 396 g/mol. The van der Waals surface area contributed by atoms with Crippen LogP contribution in [0.1, 0.15) is 22.3 Å². The van der Waals surface area contributed by atoms with Gasteiger partial charge in [-0.25, -0.2) is 0 Å². The Morgan fingerprint density at radius 1 is 1.31 bits per heavy atom. The van der Waals surface area contributed by atoms with Gasteiger partial charge in [-0.05, 0) is 12.0 Å². The van der Waals surface area contributed by atoms with E-state index in [0.29, 0.717) is 18.3 Å². The van der Waals surface area contributed by atoms with E-state index in [1.807, 2.05) is 30.3 Å². The summed E-state index contributed by atoms with van der Waals surface area (Å²) in [6.45, 7) is 4.16. The van der Waals surface area contributed by atoms with Crippen LogP contribution in [0.3, 0.4) is 0 Å². The van der Waals surface area contributed by atoms with Gasteiger partial charge in [-0.15, -0.1) is 0 Å². The van der Waals surface area contributed by atoms with E-state index in [9.17, 15) is 19.7 Å². The van der Waals surface area contributed by atoms with Crippen LogP contribution in [0, 0.1) is 10.1 Å². The van der Waals surface area contributed by atoms with Crippen molar-refractivity contribution in [3.8, 4) is 11.5 Å². The third kappa shape index (κ3) is 4.26. The molecule has 0 radical (unpaired) electrons. The Bertz CT molecular complexity index is 957. The van der Waals surface area contributed by atoms with E-state index in [4.69, 9.17) is 9.47 Å². The number of ether oxygens (including phenoxy) is 2. The highest BCUT2D eigenvalue weighted by atomic mass is 16.6. The van der Waals surface area contributed by atoms with Gasteiger partial charge in [-0.2, -0.15) is 0 Å². The van der Waals surface area contributed by atoms with Crippen LogP contribution in [-0.4, -0.2) is 41.7 Å². The molecule has 0 aromatic heterocycles. The number of hydrogen-bond donors (Lipinski definition) is 0. The van der Waals surface area contributed by atoms with Crippen LogP contribution in [0.4, 0.5) is 5.69 Å². The predicted octanol–water partition coefficient (Wildman–Crippen LogP) is 3.15. The molecule has 2 aromatic carbocycles. The van der Waals surface area contributed by atoms with Gasteiger partial charge in [-0.1, -0.05) is 42.5 Å². The summed E-state index contributed by atoms with van der Waals surface area (Å²) in [5, 5.41) is 11.6. The van der Waals surface area contributed by atoms with E-state index in [1.165, 1.54) is 24.1 Å². The third-order valence-corrected chi connectivity index (χ3v) is 4.66. The molecule has 1 fully saturated rings. The van der Waals surface area contributed by atoms with Crippen molar-refractivity contribution < 1.29 is 24.0 Å². The molecule has 1 aliphatic heterocycles. The van der Waals surface area contributed by atoms with Crippen LogP contribution in [0.15, 0.2) is 54.6 Å². The van der Waals surface area contributed by atoms with Crippen LogP contribution in [0.25, 0.3) is 0 Å². The van der Waals surface area contributed by atoms with Gasteiger partial charge in [0.2, 0.25) is 0 Å². The smallest absolute Gasteiger partial charge is 0.286 e. The second-order valence-corrected chi connectivity index (χ2v) is 6.64. The Kier molecular flexibility index (Phi) is 5.92. The Labute approximate surface area is 167 Å². The normalized spacial score (nSPS) is 15.8. The Morgan fingerprint density at radius 3 is 2.66 bits per heavy atom. The molecule has 2 aromatic rings. The molecule has 1 amide bonds. The van der Waals surface area contributed by atoms with Crippen LogP contribution < -0.4 is 9.47 Å². The maximum atomic E-state index is 13.0. The number of nitro groups is 1. The summed E-state index contributed by atoms with van der Waals surface area (Å²) in [6, 6.07) is 11.1. The molecule has 3 rings (SSSR count). The molecule has 0 N–H and O–H groups in total. The lowest BCUT2D eigenvalue weighted by molar-refractivity contribution is -0.385. The first-order valence-corrected chi connectivity index (χ1v) is 8.90. The van der Waals surface area contributed by atoms with Gasteiger partial charge < -0.3 is 19.2 Å². The van der Waals surface area contributed by atoms with Crippen molar-refractivity contribution in [2.24, 2.45) is 0 Å². The number of carbonyl (C=O) groups is 2. The lowest BCUT2D eigenvalue weighted by Gasteiger charge is -2.20. The van der Waals surface area contributed by atoms with Crippen LogP contribution in [0.5, 0.6) is 11.5 Å². The lowest BCUT2D eigenvalue weighted by Crippen LogP contribution is -2.36. The van der Waals surface area contributed by atoms with E-state index in [-0.39, 0.29) is 30.2 Å². The number of rotatable bonds is 7. The fourth-order valence-corrected chi connectivity index (χ4v) is 3.21. The fraction of sp³-hybridized carbons (Fsp3) is 0.238. The van der Waals surface area contributed by atoms with Gasteiger partial charge >= 0.3 is 0 Å². The summed E-state index contributed by atoms with van der Waals surface area (Å²) in [5.41, 5.74) is 1.01. The summed E-state index contributed by atoms with van der Waals surface area (Å²) < 4.78 is 11.0. The fourth-order valence-electron chi connectivity index (χ4n) is 3.21. The molecular weight excluding hydrogens is 376 g/mol. The molecule has 1 atom stereocenters. The zero-order valence-electron chi connectivity index (χ0n) is 15.9. The Morgan fingerprint density at radius 2 is 2.03 bits per heavy atom. The van der Waals surface area contributed by atoms with E-state index in [1.54, 1.807) is 0 Å². The molecule has 0 aliphatic carbocycles. The molecule has 8 nitrogen and oxygen atoms in total. The first kappa shape index (κ1) is 20.1.